The Balaban J connectivity index is 2.77. The Labute approximate surface area is 110 Å². The van der Waals surface area contributed by atoms with Crippen LogP contribution < -0.4 is 4.74 Å². The number of carbonyl (C=O) groups is 1. The number of hydrogen-bond donors (Lipinski definition) is 0. The molecule has 0 aliphatic carbocycles. The SMILES string of the molecule is CCN(CC(=O)c1ccccc1OC)CC(F)(F)F. The highest BCUT2D eigenvalue weighted by Gasteiger charge is 2.31. The van der Waals surface area contributed by atoms with Gasteiger partial charge in [-0.25, -0.2) is 0 Å². The quantitative estimate of drug-likeness (QED) is 0.748. The number of Topliss-reactive ketones (excluding diaryl/α,β-unsaturated/α-hetero) is 1. The van der Waals surface area contributed by atoms with Crippen molar-refractivity contribution in [3.05, 3.63) is 29.8 Å². The van der Waals surface area contributed by atoms with Gasteiger partial charge in [-0.15, -0.1) is 0 Å². The largest absolute Gasteiger partial charge is 0.496 e. The van der Waals surface area contributed by atoms with E-state index in [4.69, 9.17) is 4.74 Å². The summed E-state index contributed by atoms with van der Waals surface area (Å²) in [6, 6.07) is 6.49. The first-order valence-electron chi connectivity index (χ1n) is 5.82. The molecule has 19 heavy (non-hydrogen) atoms. The number of rotatable bonds is 6. The number of alkyl halides is 3. The fourth-order valence-corrected chi connectivity index (χ4v) is 1.70. The normalized spacial score (nSPS) is 11.7. The zero-order chi connectivity index (χ0) is 14.5. The van der Waals surface area contributed by atoms with Gasteiger partial charge in [0.2, 0.25) is 0 Å². The molecule has 0 unspecified atom stereocenters. The fraction of sp³-hybridized carbons (Fsp3) is 0.462. The van der Waals surface area contributed by atoms with Gasteiger partial charge < -0.3 is 4.74 Å². The summed E-state index contributed by atoms with van der Waals surface area (Å²) < 4.78 is 42.0. The molecule has 0 saturated carbocycles. The van der Waals surface area contributed by atoms with Crippen molar-refractivity contribution in [3.8, 4) is 5.75 Å². The standard InChI is InChI=1S/C13H16F3NO2/c1-3-17(9-13(14,15)16)8-11(18)10-6-4-5-7-12(10)19-2/h4-7H,3,8-9H2,1-2H3. The number of halogens is 3. The van der Waals surface area contributed by atoms with E-state index in [1.165, 1.54) is 7.11 Å². The molecular weight excluding hydrogens is 259 g/mol. The molecule has 1 aromatic rings. The second-order valence-corrected chi connectivity index (χ2v) is 4.04. The van der Waals surface area contributed by atoms with Crippen LogP contribution in [0.1, 0.15) is 17.3 Å². The van der Waals surface area contributed by atoms with Gasteiger partial charge in [-0.2, -0.15) is 13.2 Å². The van der Waals surface area contributed by atoms with Gasteiger partial charge in [0.1, 0.15) is 5.75 Å². The van der Waals surface area contributed by atoms with Gasteiger partial charge in [0.15, 0.2) is 5.78 Å². The Morgan fingerprint density at radius 1 is 1.32 bits per heavy atom. The van der Waals surface area contributed by atoms with Gasteiger partial charge in [0.05, 0.1) is 25.8 Å². The van der Waals surface area contributed by atoms with Crippen LogP contribution in [0.15, 0.2) is 24.3 Å². The van der Waals surface area contributed by atoms with E-state index < -0.39 is 12.7 Å². The number of para-hydroxylation sites is 1. The van der Waals surface area contributed by atoms with Crippen LogP contribution in [0.5, 0.6) is 5.75 Å². The van der Waals surface area contributed by atoms with E-state index in [2.05, 4.69) is 0 Å². The fourth-order valence-electron chi connectivity index (χ4n) is 1.70. The molecule has 0 aliphatic rings. The number of ketones is 1. The Morgan fingerprint density at radius 3 is 2.47 bits per heavy atom. The molecule has 0 saturated heterocycles. The predicted molar refractivity (Wildman–Crippen MR) is 65.5 cm³/mol. The Hall–Kier alpha value is -1.56. The molecule has 106 valence electrons. The second kappa shape index (κ2) is 6.56. The first-order chi connectivity index (χ1) is 8.87. The number of hydrogen-bond acceptors (Lipinski definition) is 3. The van der Waals surface area contributed by atoms with Crippen LogP contribution in [-0.2, 0) is 0 Å². The van der Waals surface area contributed by atoms with Crippen molar-refractivity contribution in [2.24, 2.45) is 0 Å². The van der Waals surface area contributed by atoms with Crippen LogP contribution >= 0.6 is 0 Å². The number of likely N-dealkylation sites (N-methyl/N-ethyl adjacent to an activating group) is 1. The minimum atomic E-state index is -4.31. The van der Waals surface area contributed by atoms with Crippen molar-refractivity contribution in [3.63, 3.8) is 0 Å². The molecule has 0 radical (unpaired) electrons. The molecule has 0 N–H and O–H groups in total. The van der Waals surface area contributed by atoms with E-state index in [0.29, 0.717) is 11.3 Å². The summed E-state index contributed by atoms with van der Waals surface area (Å²) in [4.78, 5) is 13.0. The molecule has 0 aliphatic heterocycles. The monoisotopic (exact) mass is 275 g/mol. The first kappa shape index (κ1) is 15.5. The van der Waals surface area contributed by atoms with Crippen LogP contribution in [0.3, 0.4) is 0 Å². The lowest BCUT2D eigenvalue weighted by molar-refractivity contribution is -0.144. The zero-order valence-electron chi connectivity index (χ0n) is 10.8. The number of benzene rings is 1. The highest BCUT2D eigenvalue weighted by molar-refractivity contribution is 6.00. The lowest BCUT2D eigenvalue weighted by atomic mass is 10.1. The van der Waals surface area contributed by atoms with E-state index in [-0.39, 0.29) is 18.9 Å². The van der Waals surface area contributed by atoms with Gasteiger partial charge in [-0.05, 0) is 18.7 Å². The Kier molecular flexibility index (Phi) is 5.35. The van der Waals surface area contributed by atoms with Crippen molar-refractivity contribution in [2.45, 2.75) is 13.1 Å². The average Bonchev–Trinajstić information content (AvgIpc) is 2.36. The van der Waals surface area contributed by atoms with Crippen LogP contribution in [0.2, 0.25) is 0 Å². The number of nitrogens with zero attached hydrogens (tertiary/aromatic N) is 1. The maximum absolute atomic E-state index is 12.3. The third-order valence-corrected chi connectivity index (χ3v) is 2.62. The molecule has 1 aromatic carbocycles. The van der Waals surface area contributed by atoms with Crippen molar-refractivity contribution in [2.75, 3.05) is 26.7 Å². The average molecular weight is 275 g/mol. The second-order valence-electron chi connectivity index (χ2n) is 4.04. The Bertz CT molecular complexity index is 432. The molecule has 0 aromatic heterocycles. The molecule has 0 heterocycles. The smallest absolute Gasteiger partial charge is 0.401 e. The summed E-state index contributed by atoms with van der Waals surface area (Å²) in [5.74, 6) is -0.0147. The third kappa shape index (κ3) is 4.90. The summed E-state index contributed by atoms with van der Waals surface area (Å²) in [5.41, 5.74) is 0.297. The predicted octanol–water partition coefficient (Wildman–Crippen LogP) is 2.76. The van der Waals surface area contributed by atoms with Crippen molar-refractivity contribution in [1.82, 2.24) is 4.90 Å². The van der Waals surface area contributed by atoms with E-state index in [0.717, 1.165) is 4.90 Å². The van der Waals surface area contributed by atoms with Gasteiger partial charge in [-0.3, -0.25) is 9.69 Å². The van der Waals surface area contributed by atoms with Crippen LogP contribution in [0.4, 0.5) is 13.2 Å². The molecule has 0 fully saturated rings. The molecule has 0 bridgehead atoms. The van der Waals surface area contributed by atoms with Gasteiger partial charge in [0, 0.05) is 0 Å². The highest BCUT2D eigenvalue weighted by atomic mass is 19.4. The van der Waals surface area contributed by atoms with Gasteiger partial charge in [0.25, 0.3) is 0 Å². The van der Waals surface area contributed by atoms with E-state index in [1.54, 1.807) is 31.2 Å². The highest BCUT2D eigenvalue weighted by Crippen LogP contribution is 2.20. The van der Waals surface area contributed by atoms with E-state index in [9.17, 15) is 18.0 Å². The lowest BCUT2D eigenvalue weighted by Crippen LogP contribution is -2.37. The van der Waals surface area contributed by atoms with Crippen LogP contribution in [-0.4, -0.2) is 43.6 Å². The molecule has 0 amide bonds. The minimum absolute atomic E-state index is 0.153. The summed E-state index contributed by atoms with van der Waals surface area (Å²) in [6.45, 7) is 0.364. The summed E-state index contributed by atoms with van der Waals surface area (Å²) in [7, 11) is 1.42. The number of carbonyl (C=O) groups excluding carboxylic acids is 1. The lowest BCUT2D eigenvalue weighted by Gasteiger charge is -2.21. The van der Waals surface area contributed by atoms with E-state index >= 15 is 0 Å². The number of ether oxygens (including phenoxy) is 1. The molecule has 0 atom stereocenters. The topological polar surface area (TPSA) is 29.5 Å². The summed E-state index contributed by atoms with van der Waals surface area (Å²) >= 11 is 0. The third-order valence-electron chi connectivity index (χ3n) is 2.62. The Morgan fingerprint density at radius 2 is 1.95 bits per heavy atom. The van der Waals surface area contributed by atoms with Crippen molar-refractivity contribution < 1.29 is 22.7 Å². The first-order valence-corrected chi connectivity index (χ1v) is 5.82. The van der Waals surface area contributed by atoms with Crippen LogP contribution in [0.25, 0.3) is 0 Å². The molecule has 0 spiro atoms. The van der Waals surface area contributed by atoms with Crippen molar-refractivity contribution >= 4 is 5.78 Å². The molecule has 6 heteroatoms. The van der Waals surface area contributed by atoms with E-state index in [1.807, 2.05) is 0 Å². The van der Waals surface area contributed by atoms with Gasteiger partial charge >= 0.3 is 6.18 Å². The maximum Gasteiger partial charge on any atom is 0.401 e. The summed E-state index contributed by atoms with van der Waals surface area (Å²) in [6.07, 6.45) is -4.31. The maximum atomic E-state index is 12.3. The summed E-state index contributed by atoms with van der Waals surface area (Å²) in [5, 5.41) is 0. The molecule has 3 nitrogen and oxygen atoms in total. The van der Waals surface area contributed by atoms with Gasteiger partial charge in [-0.1, -0.05) is 19.1 Å². The molecular formula is C13H16F3NO2. The zero-order valence-corrected chi connectivity index (χ0v) is 10.8. The minimum Gasteiger partial charge on any atom is -0.496 e. The number of methoxy groups -OCH3 is 1. The van der Waals surface area contributed by atoms with Crippen molar-refractivity contribution in [1.29, 1.82) is 0 Å². The van der Waals surface area contributed by atoms with Crippen LogP contribution in [0, 0.1) is 0 Å². The molecule has 1 rings (SSSR count).